The Kier molecular flexibility index (Phi) is 4.37. The Bertz CT molecular complexity index is 511. The predicted molar refractivity (Wildman–Crippen MR) is 80.9 cm³/mol. The fraction of sp³-hybridized carbons (Fsp3) is 0.812. The van der Waals surface area contributed by atoms with E-state index >= 15 is 0 Å². The highest BCUT2D eigenvalue weighted by Crippen LogP contribution is 2.36. The number of aromatic nitrogens is 2. The number of hydrogen-bond donors (Lipinski definition) is 0. The minimum absolute atomic E-state index is 0.0325. The molecule has 0 aliphatic carbocycles. The molecule has 0 bridgehead atoms. The lowest BCUT2D eigenvalue weighted by Gasteiger charge is -2.45. The molecule has 2 heterocycles. The smallest absolute Gasteiger partial charge is 0.290 e. The van der Waals surface area contributed by atoms with Gasteiger partial charge >= 0.3 is 6.18 Å². The molecule has 1 aromatic rings. The topological polar surface area (TPSA) is 21.1 Å². The zero-order chi connectivity index (χ0) is 16.8. The number of hydrogen-bond acceptors (Lipinski definition) is 2. The summed E-state index contributed by atoms with van der Waals surface area (Å²) in [5, 5.41) is 4.45. The van der Waals surface area contributed by atoms with Crippen molar-refractivity contribution < 1.29 is 13.2 Å². The lowest BCUT2D eigenvalue weighted by molar-refractivity contribution is -0.163. The number of halogens is 3. The van der Waals surface area contributed by atoms with Crippen LogP contribution in [0.15, 0.2) is 12.4 Å². The first kappa shape index (κ1) is 17.3. The van der Waals surface area contributed by atoms with E-state index < -0.39 is 18.3 Å². The summed E-state index contributed by atoms with van der Waals surface area (Å²) in [4.78, 5) is 1.54. The summed E-state index contributed by atoms with van der Waals surface area (Å²) >= 11 is 0. The van der Waals surface area contributed by atoms with E-state index in [-0.39, 0.29) is 11.5 Å². The lowest BCUT2D eigenvalue weighted by Crippen LogP contribution is -2.53. The molecule has 1 saturated heterocycles. The molecule has 0 spiro atoms. The van der Waals surface area contributed by atoms with Gasteiger partial charge in [0.05, 0.1) is 18.8 Å². The van der Waals surface area contributed by atoms with Crippen molar-refractivity contribution in [1.29, 1.82) is 0 Å². The van der Waals surface area contributed by atoms with Crippen molar-refractivity contribution in [3.05, 3.63) is 18.0 Å². The summed E-state index contributed by atoms with van der Waals surface area (Å²) < 4.78 is 40.0. The average Bonchev–Trinajstić information content (AvgIpc) is 2.79. The maximum absolute atomic E-state index is 12.7. The monoisotopic (exact) mass is 317 g/mol. The number of rotatable bonds is 2. The summed E-state index contributed by atoms with van der Waals surface area (Å²) in [6.07, 6.45) is 1.14. The average molecular weight is 317 g/mol. The van der Waals surface area contributed by atoms with Gasteiger partial charge in [-0.05, 0) is 37.7 Å². The van der Waals surface area contributed by atoms with Crippen molar-refractivity contribution >= 4 is 0 Å². The molecule has 3 nitrogen and oxygen atoms in total. The van der Waals surface area contributed by atoms with E-state index in [1.165, 1.54) is 4.90 Å². The van der Waals surface area contributed by atoms with Crippen molar-refractivity contribution in [1.82, 2.24) is 14.7 Å². The molecule has 1 aromatic heterocycles. The molecular weight excluding hydrogens is 291 g/mol. The highest BCUT2D eigenvalue weighted by atomic mass is 19.4. The van der Waals surface area contributed by atoms with Gasteiger partial charge in [-0.15, -0.1) is 0 Å². The van der Waals surface area contributed by atoms with Gasteiger partial charge in [-0.25, -0.2) is 0 Å². The van der Waals surface area contributed by atoms with Crippen LogP contribution in [0.4, 0.5) is 13.2 Å². The second-order valence-corrected chi connectivity index (χ2v) is 7.95. The number of alkyl halides is 3. The van der Waals surface area contributed by atoms with E-state index in [2.05, 4.69) is 25.9 Å². The second-order valence-electron chi connectivity index (χ2n) is 7.95. The largest absolute Gasteiger partial charge is 0.401 e. The van der Waals surface area contributed by atoms with Gasteiger partial charge in [0.25, 0.3) is 0 Å². The molecule has 126 valence electrons. The molecule has 0 aromatic carbocycles. The molecule has 0 radical (unpaired) electrons. The molecule has 0 saturated carbocycles. The summed E-state index contributed by atoms with van der Waals surface area (Å²) in [7, 11) is 0. The number of nitrogens with zero attached hydrogens (tertiary/aromatic N) is 3. The summed E-state index contributed by atoms with van der Waals surface area (Å²) in [5.74, 6) is 0. The maximum atomic E-state index is 12.7. The number of likely N-dealkylation sites (tertiary alicyclic amines) is 1. The Morgan fingerprint density at radius 1 is 1.27 bits per heavy atom. The van der Waals surface area contributed by atoms with E-state index in [1.54, 1.807) is 0 Å². The molecule has 0 amide bonds. The molecule has 22 heavy (non-hydrogen) atoms. The van der Waals surface area contributed by atoms with Crippen molar-refractivity contribution in [2.24, 2.45) is 0 Å². The van der Waals surface area contributed by atoms with E-state index in [9.17, 15) is 13.2 Å². The van der Waals surface area contributed by atoms with Crippen LogP contribution in [0.2, 0.25) is 0 Å². The first-order valence-electron chi connectivity index (χ1n) is 7.75. The summed E-state index contributed by atoms with van der Waals surface area (Å²) in [6.45, 7) is 9.78. The van der Waals surface area contributed by atoms with Crippen LogP contribution in [-0.2, 0) is 5.41 Å². The van der Waals surface area contributed by atoms with Crippen molar-refractivity contribution in [2.45, 2.75) is 70.6 Å². The molecule has 1 aliphatic rings. The van der Waals surface area contributed by atoms with E-state index in [0.717, 1.165) is 5.56 Å². The second kappa shape index (κ2) is 5.55. The molecular formula is C16H26F3N3. The van der Waals surface area contributed by atoms with Crippen LogP contribution in [-0.4, -0.2) is 39.5 Å². The standard InChI is InChI=1S/C16H26F3N3/c1-14(2,3)12-9-20-22(10-12)13-6-7-21(11-16(17,18)19)15(4,5)8-13/h9-10,13H,6-8,11H2,1-5H3. The SMILES string of the molecule is CC(C)(C)c1cnn(C2CCN(CC(F)(F)F)C(C)(C)C2)c1. The van der Waals surface area contributed by atoms with Crippen molar-refractivity contribution in [2.75, 3.05) is 13.1 Å². The molecule has 1 atom stereocenters. The Labute approximate surface area is 130 Å². The van der Waals surface area contributed by atoms with Crippen LogP contribution < -0.4 is 0 Å². The zero-order valence-corrected chi connectivity index (χ0v) is 14.0. The van der Waals surface area contributed by atoms with Gasteiger partial charge < -0.3 is 0 Å². The fourth-order valence-corrected chi connectivity index (χ4v) is 3.08. The normalized spacial score (nSPS) is 23.7. The van der Waals surface area contributed by atoms with E-state index in [4.69, 9.17) is 0 Å². The Morgan fingerprint density at radius 2 is 1.91 bits per heavy atom. The molecule has 1 unspecified atom stereocenters. The predicted octanol–water partition coefficient (Wildman–Crippen LogP) is 4.16. The fourth-order valence-electron chi connectivity index (χ4n) is 3.08. The minimum Gasteiger partial charge on any atom is -0.290 e. The van der Waals surface area contributed by atoms with Crippen molar-refractivity contribution in [3.8, 4) is 0 Å². The molecule has 2 rings (SSSR count). The third-order valence-corrected chi connectivity index (χ3v) is 4.54. The summed E-state index contributed by atoms with van der Waals surface area (Å²) in [5.41, 5.74) is 0.708. The molecule has 6 heteroatoms. The van der Waals surface area contributed by atoms with Gasteiger partial charge in [0, 0.05) is 18.3 Å². The molecule has 1 fully saturated rings. The van der Waals surface area contributed by atoms with Crippen LogP contribution in [0, 0.1) is 0 Å². The van der Waals surface area contributed by atoms with Gasteiger partial charge in [0.15, 0.2) is 0 Å². The molecule has 0 N–H and O–H groups in total. The van der Waals surface area contributed by atoms with Gasteiger partial charge in [0.2, 0.25) is 0 Å². The van der Waals surface area contributed by atoms with Gasteiger partial charge in [0.1, 0.15) is 0 Å². The van der Waals surface area contributed by atoms with Crippen molar-refractivity contribution in [3.63, 3.8) is 0 Å². The Hall–Kier alpha value is -1.04. The highest BCUT2D eigenvalue weighted by Gasteiger charge is 2.41. The third kappa shape index (κ3) is 4.03. The highest BCUT2D eigenvalue weighted by molar-refractivity contribution is 5.15. The van der Waals surface area contributed by atoms with Crippen LogP contribution in [0.3, 0.4) is 0 Å². The Balaban J connectivity index is 2.10. The maximum Gasteiger partial charge on any atom is 0.401 e. The van der Waals surface area contributed by atoms with Crippen LogP contribution in [0.25, 0.3) is 0 Å². The quantitative estimate of drug-likeness (QED) is 0.817. The van der Waals surface area contributed by atoms with Crippen LogP contribution >= 0.6 is 0 Å². The first-order valence-corrected chi connectivity index (χ1v) is 7.75. The third-order valence-electron chi connectivity index (χ3n) is 4.54. The van der Waals surface area contributed by atoms with Gasteiger partial charge in [-0.2, -0.15) is 18.3 Å². The summed E-state index contributed by atoms with van der Waals surface area (Å²) in [6, 6.07) is 0.163. The minimum atomic E-state index is -4.14. The van der Waals surface area contributed by atoms with Gasteiger partial charge in [-0.1, -0.05) is 20.8 Å². The van der Waals surface area contributed by atoms with Crippen LogP contribution in [0.1, 0.15) is 59.1 Å². The first-order chi connectivity index (χ1) is 9.88. The zero-order valence-electron chi connectivity index (χ0n) is 14.0. The van der Waals surface area contributed by atoms with Gasteiger partial charge in [-0.3, -0.25) is 9.58 Å². The van der Waals surface area contributed by atoms with E-state index in [1.807, 2.05) is 30.9 Å². The lowest BCUT2D eigenvalue weighted by atomic mass is 9.86. The molecule has 1 aliphatic heterocycles. The number of piperidine rings is 1. The van der Waals surface area contributed by atoms with E-state index in [0.29, 0.717) is 19.4 Å². The Morgan fingerprint density at radius 3 is 2.36 bits per heavy atom. The van der Waals surface area contributed by atoms with Crippen LogP contribution in [0.5, 0.6) is 0 Å².